The van der Waals surface area contributed by atoms with Gasteiger partial charge in [-0.25, -0.2) is 0 Å². The highest BCUT2D eigenvalue weighted by molar-refractivity contribution is 6.30. The van der Waals surface area contributed by atoms with Gasteiger partial charge in [0, 0.05) is 22.0 Å². The van der Waals surface area contributed by atoms with Crippen LogP contribution in [-0.2, 0) is 9.59 Å². The lowest BCUT2D eigenvalue weighted by molar-refractivity contribution is -0.118. The van der Waals surface area contributed by atoms with Gasteiger partial charge in [0.05, 0.1) is 0 Å². The van der Waals surface area contributed by atoms with Gasteiger partial charge in [-0.15, -0.1) is 0 Å². The smallest absolute Gasteiger partial charge is 0.266 e. The van der Waals surface area contributed by atoms with Crippen molar-refractivity contribution >= 4 is 40.9 Å². The van der Waals surface area contributed by atoms with E-state index in [-0.39, 0.29) is 18.1 Å². The molecular weight excluding hydrogens is 438 g/mol. The van der Waals surface area contributed by atoms with E-state index in [9.17, 15) is 14.9 Å². The van der Waals surface area contributed by atoms with Gasteiger partial charge >= 0.3 is 0 Å². The predicted octanol–water partition coefficient (Wildman–Crippen LogP) is 5.52. The number of benzene rings is 3. The van der Waals surface area contributed by atoms with Gasteiger partial charge in [-0.05, 0) is 67.4 Å². The number of amides is 2. The largest absolute Gasteiger partial charge is 0.483 e. The number of hydrogen-bond donors (Lipinski definition) is 2. The minimum Gasteiger partial charge on any atom is -0.483 e. The quantitative estimate of drug-likeness (QED) is 0.359. The number of halogens is 1. The fourth-order valence-corrected chi connectivity index (χ4v) is 3.17. The number of nitrogens with zero attached hydrogens (tertiary/aromatic N) is 1. The zero-order valence-corrected chi connectivity index (χ0v) is 18.9. The van der Waals surface area contributed by atoms with Crippen LogP contribution < -0.4 is 15.4 Å². The zero-order valence-electron chi connectivity index (χ0n) is 18.2. The number of carbonyl (C=O) groups excluding carboxylic acids is 2. The van der Waals surface area contributed by atoms with E-state index in [1.54, 1.807) is 42.5 Å². The summed E-state index contributed by atoms with van der Waals surface area (Å²) in [5.74, 6) is -0.589. The van der Waals surface area contributed by atoms with E-state index >= 15 is 0 Å². The summed E-state index contributed by atoms with van der Waals surface area (Å²) in [6.45, 7) is 3.59. The lowest BCUT2D eigenvalue weighted by Crippen LogP contribution is -2.21. The number of rotatable bonds is 7. The first-order valence-corrected chi connectivity index (χ1v) is 10.5. The molecule has 0 spiro atoms. The van der Waals surface area contributed by atoms with Crippen LogP contribution in [0.1, 0.15) is 16.7 Å². The van der Waals surface area contributed by atoms with Crippen LogP contribution in [0.15, 0.2) is 72.3 Å². The van der Waals surface area contributed by atoms with Gasteiger partial charge < -0.3 is 15.4 Å². The third-order valence-corrected chi connectivity index (χ3v) is 4.93. The molecule has 0 aliphatic heterocycles. The van der Waals surface area contributed by atoms with Crippen LogP contribution >= 0.6 is 11.6 Å². The van der Waals surface area contributed by atoms with Crippen molar-refractivity contribution in [1.82, 2.24) is 0 Å². The highest BCUT2D eigenvalue weighted by Gasteiger charge is 2.13. The first-order chi connectivity index (χ1) is 15.9. The van der Waals surface area contributed by atoms with Gasteiger partial charge in [-0.1, -0.05) is 41.9 Å². The molecule has 0 unspecified atom stereocenters. The first-order valence-electron chi connectivity index (χ1n) is 10.1. The van der Waals surface area contributed by atoms with Gasteiger partial charge in [0.25, 0.3) is 11.8 Å². The SMILES string of the molecule is Cc1ccc(C)c(NC(=O)COc2ccc(Cl)cc2/C=C(\C#N)C(=O)Nc2ccccc2)c1. The molecule has 0 aliphatic rings. The Hall–Kier alpha value is -4.08. The van der Waals surface area contributed by atoms with Gasteiger partial charge in [0.1, 0.15) is 17.4 Å². The van der Waals surface area contributed by atoms with Crippen molar-refractivity contribution in [1.29, 1.82) is 5.26 Å². The molecular formula is C26H22ClN3O3. The molecule has 0 radical (unpaired) electrons. The van der Waals surface area contributed by atoms with Crippen molar-refractivity contribution in [2.24, 2.45) is 0 Å². The topological polar surface area (TPSA) is 91.2 Å². The lowest BCUT2D eigenvalue weighted by atomic mass is 10.1. The van der Waals surface area contributed by atoms with Crippen molar-refractivity contribution in [2.45, 2.75) is 13.8 Å². The van der Waals surface area contributed by atoms with Crippen molar-refractivity contribution < 1.29 is 14.3 Å². The molecule has 7 heteroatoms. The third-order valence-electron chi connectivity index (χ3n) is 4.69. The van der Waals surface area contributed by atoms with Gasteiger partial charge in [0.2, 0.25) is 0 Å². The molecule has 0 fully saturated rings. The molecule has 3 aromatic carbocycles. The summed E-state index contributed by atoms with van der Waals surface area (Å²) in [6, 6.07) is 21.2. The summed E-state index contributed by atoms with van der Waals surface area (Å²) >= 11 is 6.11. The van der Waals surface area contributed by atoms with E-state index in [1.807, 2.05) is 44.2 Å². The Morgan fingerprint density at radius 1 is 1.03 bits per heavy atom. The number of nitriles is 1. The Morgan fingerprint density at radius 2 is 1.79 bits per heavy atom. The van der Waals surface area contributed by atoms with E-state index in [0.29, 0.717) is 27.7 Å². The van der Waals surface area contributed by atoms with Crippen molar-refractivity contribution in [3.8, 4) is 11.8 Å². The van der Waals surface area contributed by atoms with Gasteiger partial charge in [-0.2, -0.15) is 5.26 Å². The molecule has 33 heavy (non-hydrogen) atoms. The number of para-hydroxylation sites is 1. The molecule has 0 atom stereocenters. The van der Waals surface area contributed by atoms with Gasteiger partial charge in [0.15, 0.2) is 6.61 Å². The van der Waals surface area contributed by atoms with E-state index < -0.39 is 5.91 Å². The normalized spacial score (nSPS) is 10.8. The summed E-state index contributed by atoms with van der Waals surface area (Å²) in [4.78, 5) is 25.0. The summed E-state index contributed by atoms with van der Waals surface area (Å²) in [5.41, 5.74) is 3.51. The van der Waals surface area contributed by atoms with Crippen LogP contribution in [0.2, 0.25) is 5.02 Å². The number of ether oxygens (including phenoxy) is 1. The molecule has 0 aliphatic carbocycles. The molecule has 3 aromatic rings. The van der Waals surface area contributed by atoms with Gasteiger partial charge in [-0.3, -0.25) is 9.59 Å². The molecule has 6 nitrogen and oxygen atoms in total. The van der Waals surface area contributed by atoms with Crippen LogP contribution in [-0.4, -0.2) is 18.4 Å². The average Bonchev–Trinajstić information content (AvgIpc) is 2.80. The number of hydrogen-bond acceptors (Lipinski definition) is 4. The maximum absolute atomic E-state index is 12.5. The number of anilines is 2. The average molecular weight is 460 g/mol. The van der Waals surface area contributed by atoms with E-state index in [1.165, 1.54) is 6.08 Å². The molecule has 0 saturated carbocycles. The summed E-state index contributed by atoms with van der Waals surface area (Å²) in [7, 11) is 0. The number of carbonyl (C=O) groups is 2. The Morgan fingerprint density at radius 3 is 2.52 bits per heavy atom. The third kappa shape index (κ3) is 6.70. The highest BCUT2D eigenvalue weighted by Crippen LogP contribution is 2.26. The maximum Gasteiger partial charge on any atom is 0.266 e. The van der Waals surface area contributed by atoms with Crippen LogP contribution in [0.3, 0.4) is 0 Å². The Kier molecular flexibility index (Phi) is 7.85. The molecule has 2 N–H and O–H groups in total. The number of nitrogens with one attached hydrogen (secondary N) is 2. The minimum absolute atomic E-state index is 0.134. The van der Waals surface area contributed by atoms with E-state index in [2.05, 4.69) is 10.6 Å². The molecule has 0 bridgehead atoms. The van der Waals surface area contributed by atoms with Crippen LogP contribution in [0.25, 0.3) is 6.08 Å². The first kappa shape index (κ1) is 23.6. The Bertz CT molecular complexity index is 1250. The van der Waals surface area contributed by atoms with E-state index in [0.717, 1.165) is 11.1 Å². The maximum atomic E-state index is 12.5. The van der Waals surface area contributed by atoms with Crippen molar-refractivity contribution in [3.63, 3.8) is 0 Å². The second-order valence-electron chi connectivity index (χ2n) is 7.33. The Labute approximate surface area is 197 Å². The van der Waals surface area contributed by atoms with Crippen LogP contribution in [0, 0.1) is 25.2 Å². The summed E-state index contributed by atoms with van der Waals surface area (Å²) in [5, 5.41) is 15.4. The molecule has 0 heterocycles. The minimum atomic E-state index is -0.567. The fraction of sp³-hybridized carbons (Fsp3) is 0.115. The highest BCUT2D eigenvalue weighted by atomic mass is 35.5. The zero-order chi connectivity index (χ0) is 23.8. The molecule has 166 valence electrons. The molecule has 3 rings (SSSR count). The molecule has 2 amide bonds. The van der Waals surface area contributed by atoms with Crippen LogP contribution in [0.4, 0.5) is 11.4 Å². The molecule has 0 saturated heterocycles. The standard InChI is InChI=1S/C26H22ClN3O3/c1-17-8-9-18(2)23(12-17)30-25(31)16-33-24-11-10-21(27)14-19(24)13-20(15-28)26(32)29-22-6-4-3-5-7-22/h3-14H,16H2,1-2H3,(H,29,32)(H,30,31)/b20-13+. The summed E-state index contributed by atoms with van der Waals surface area (Å²) < 4.78 is 5.68. The number of aryl methyl sites for hydroxylation is 2. The Balaban J connectivity index is 1.75. The van der Waals surface area contributed by atoms with E-state index in [4.69, 9.17) is 16.3 Å². The van der Waals surface area contributed by atoms with Crippen LogP contribution in [0.5, 0.6) is 5.75 Å². The lowest BCUT2D eigenvalue weighted by Gasteiger charge is -2.12. The fourth-order valence-electron chi connectivity index (χ4n) is 2.99. The second kappa shape index (κ2) is 11.0. The molecule has 0 aromatic heterocycles. The summed E-state index contributed by atoms with van der Waals surface area (Å²) in [6.07, 6.45) is 1.38. The monoisotopic (exact) mass is 459 g/mol. The predicted molar refractivity (Wildman–Crippen MR) is 130 cm³/mol. The van der Waals surface area contributed by atoms with Crippen molar-refractivity contribution in [2.75, 3.05) is 17.2 Å². The second-order valence-corrected chi connectivity index (χ2v) is 7.76. The van der Waals surface area contributed by atoms with Crippen molar-refractivity contribution in [3.05, 3.63) is 94.0 Å².